The fourth-order valence-electron chi connectivity index (χ4n) is 1.64. The number of rotatable bonds is 3. The van der Waals surface area contributed by atoms with Crippen molar-refractivity contribution in [2.24, 2.45) is 0 Å². The number of pyridine rings is 2. The van der Waals surface area contributed by atoms with E-state index in [0.717, 1.165) is 0 Å². The Morgan fingerprint density at radius 2 is 2.11 bits per heavy atom. The van der Waals surface area contributed by atoms with Gasteiger partial charge < -0.3 is 14.9 Å². The molecule has 2 aromatic rings. The van der Waals surface area contributed by atoms with E-state index < -0.39 is 5.91 Å². The zero-order valence-corrected chi connectivity index (χ0v) is 10.3. The first-order valence-electron chi connectivity index (χ1n) is 5.80. The van der Waals surface area contributed by atoms with E-state index in [-0.39, 0.29) is 16.6 Å². The van der Waals surface area contributed by atoms with E-state index in [1.807, 2.05) is 6.92 Å². The topological polar surface area (TPSA) is 84.0 Å². The van der Waals surface area contributed by atoms with Crippen LogP contribution in [-0.2, 0) is 6.54 Å². The lowest BCUT2D eigenvalue weighted by Crippen LogP contribution is -2.23. The third kappa shape index (κ3) is 2.79. The van der Waals surface area contributed by atoms with Crippen LogP contribution in [0.15, 0.2) is 46.4 Å². The first kappa shape index (κ1) is 12.8. The first-order chi connectivity index (χ1) is 9.11. The Hall–Kier alpha value is -2.63. The van der Waals surface area contributed by atoms with Crippen LogP contribution in [0.25, 0.3) is 0 Å². The number of amides is 1. The summed E-state index contributed by atoms with van der Waals surface area (Å²) < 4.78 is 1.46. The van der Waals surface area contributed by atoms with Crippen molar-refractivity contribution in [1.82, 2.24) is 9.55 Å². The molecule has 0 saturated carbocycles. The molecule has 6 nitrogen and oxygen atoms in total. The molecule has 0 aliphatic heterocycles. The molecular formula is C13H13N3O3. The van der Waals surface area contributed by atoms with E-state index in [2.05, 4.69) is 10.3 Å². The minimum absolute atomic E-state index is 0.0248. The molecule has 0 saturated heterocycles. The number of hydrogen-bond donors (Lipinski definition) is 2. The van der Waals surface area contributed by atoms with E-state index in [1.165, 1.54) is 41.4 Å². The molecule has 0 bridgehead atoms. The molecule has 2 aromatic heterocycles. The fraction of sp³-hybridized carbons (Fsp3) is 0.154. The van der Waals surface area contributed by atoms with Crippen molar-refractivity contribution in [1.29, 1.82) is 0 Å². The fourth-order valence-corrected chi connectivity index (χ4v) is 1.64. The highest BCUT2D eigenvalue weighted by Crippen LogP contribution is 2.05. The Kier molecular flexibility index (Phi) is 3.61. The summed E-state index contributed by atoms with van der Waals surface area (Å²) in [4.78, 5) is 37.5. The molecule has 0 fully saturated rings. The van der Waals surface area contributed by atoms with Crippen LogP contribution in [0.5, 0.6) is 0 Å². The van der Waals surface area contributed by atoms with Crippen LogP contribution >= 0.6 is 0 Å². The monoisotopic (exact) mass is 259 g/mol. The molecule has 0 atom stereocenters. The van der Waals surface area contributed by atoms with Crippen molar-refractivity contribution >= 4 is 11.6 Å². The van der Waals surface area contributed by atoms with Crippen LogP contribution < -0.4 is 16.3 Å². The van der Waals surface area contributed by atoms with Gasteiger partial charge in [0, 0.05) is 37.3 Å². The van der Waals surface area contributed by atoms with Crippen molar-refractivity contribution < 1.29 is 4.79 Å². The van der Waals surface area contributed by atoms with Gasteiger partial charge in [-0.15, -0.1) is 0 Å². The molecule has 0 aliphatic rings. The number of nitrogens with one attached hydrogen (secondary N) is 2. The number of carbonyl (C=O) groups is 1. The molecule has 19 heavy (non-hydrogen) atoms. The predicted octanol–water partition coefficient (Wildman–Crippen LogP) is 0.809. The Morgan fingerprint density at radius 3 is 2.79 bits per heavy atom. The lowest BCUT2D eigenvalue weighted by molar-refractivity contribution is 0.102. The van der Waals surface area contributed by atoms with E-state index in [1.54, 1.807) is 0 Å². The molecule has 2 rings (SSSR count). The van der Waals surface area contributed by atoms with Crippen molar-refractivity contribution in [3.8, 4) is 0 Å². The van der Waals surface area contributed by atoms with Gasteiger partial charge in [0.15, 0.2) is 5.43 Å². The van der Waals surface area contributed by atoms with Gasteiger partial charge in [-0.1, -0.05) is 0 Å². The Labute approximate surface area is 108 Å². The summed E-state index contributed by atoms with van der Waals surface area (Å²) in [5.41, 5.74) is -0.00966. The maximum Gasteiger partial charge on any atom is 0.261 e. The standard InChI is InChI=1S/C13H13N3O3/c1-2-16-8-9(3-4-12(16)18)15-13(19)10-7-14-6-5-11(10)17/h3-8H,2H2,1H3,(H,14,17)(H,15,19). The van der Waals surface area contributed by atoms with Gasteiger partial charge in [0.25, 0.3) is 11.5 Å². The maximum absolute atomic E-state index is 11.9. The molecule has 0 radical (unpaired) electrons. The van der Waals surface area contributed by atoms with Gasteiger partial charge in [-0.25, -0.2) is 0 Å². The smallest absolute Gasteiger partial charge is 0.261 e. The summed E-state index contributed by atoms with van der Waals surface area (Å²) in [6.07, 6.45) is 4.33. The summed E-state index contributed by atoms with van der Waals surface area (Å²) >= 11 is 0. The third-order valence-electron chi connectivity index (χ3n) is 2.65. The van der Waals surface area contributed by atoms with Gasteiger partial charge in [-0.2, -0.15) is 0 Å². The van der Waals surface area contributed by atoms with Crippen LogP contribution in [0, 0.1) is 0 Å². The number of carbonyl (C=O) groups excluding carboxylic acids is 1. The Bertz CT molecular complexity index is 715. The number of hydrogen-bond acceptors (Lipinski definition) is 3. The average Bonchev–Trinajstić information content (AvgIpc) is 2.41. The molecular weight excluding hydrogens is 246 g/mol. The minimum Gasteiger partial charge on any atom is -0.367 e. The van der Waals surface area contributed by atoms with Crippen molar-refractivity contribution in [3.05, 3.63) is 62.9 Å². The second-order valence-corrected chi connectivity index (χ2v) is 3.92. The minimum atomic E-state index is -0.511. The van der Waals surface area contributed by atoms with Crippen LogP contribution in [0.4, 0.5) is 5.69 Å². The van der Waals surface area contributed by atoms with Gasteiger partial charge in [0.1, 0.15) is 5.56 Å². The summed E-state index contributed by atoms with van der Waals surface area (Å²) in [5, 5.41) is 2.58. The van der Waals surface area contributed by atoms with Crippen LogP contribution in [0.1, 0.15) is 17.3 Å². The van der Waals surface area contributed by atoms with Gasteiger partial charge in [0.05, 0.1) is 5.69 Å². The molecule has 2 heterocycles. The summed E-state index contributed by atoms with van der Waals surface area (Å²) in [5.74, 6) is -0.511. The second kappa shape index (κ2) is 5.34. The number of nitrogens with zero attached hydrogens (tertiary/aromatic N) is 1. The average molecular weight is 259 g/mol. The highest BCUT2D eigenvalue weighted by molar-refractivity contribution is 6.03. The zero-order chi connectivity index (χ0) is 13.8. The summed E-state index contributed by atoms with van der Waals surface area (Å²) in [7, 11) is 0. The molecule has 6 heteroatoms. The number of aromatic nitrogens is 2. The van der Waals surface area contributed by atoms with E-state index >= 15 is 0 Å². The lowest BCUT2D eigenvalue weighted by Gasteiger charge is -2.07. The van der Waals surface area contributed by atoms with E-state index in [9.17, 15) is 14.4 Å². The molecule has 0 unspecified atom stereocenters. The van der Waals surface area contributed by atoms with Crippen LogP contribution in [-0.4, -0.2) is 15.5 Å². The first-order valence-corrected chi connectivity index (χ1v) is 5.80. The second-order valence-electron chi connectivity index (χ2n) is 3.92. The Morgan fingerprint density at radius 1 is 1.32 bits per heavy atom. The van der Waals surface area contributed by atoms with E-state index in [4.69, 9.17) is 0 Å². The molecule has 0 aliphatic carbocycles. The van der Waals surface area contributed by atoms with Crippen LogP contribution in [0.2, 0.25) is 0 Å². The normalized spacial score (nSPS) is 10.2. The quantitative estimate of drug-likeness (QED) is 0.855. The maximum atomic E-state index is 11.9. The Balaban J connectivity index is 2.27. The van der Waals surface area contributed by atoms with Gasteiger partial charge >= 0.3 is 0 Å². The van der Waals surface area contributed by atoms with E-state index in [0.29, 0.717) is 12.2 Å². The van der Waals surface area contributed by atoms with Gasteiger partial charge in [0.2, 0.25) is 0 Å². The molecule has 0 spiro atoms. The molecule has 2 N–H and O–H groups in total. The van der Waals surface area contributed by atoms with Gasteiger partial charge in [-0.3, -0.25) is 14.4 Å². The number of H-pyrrole nitrogens is 1. The summed E-state index contributed by atoms with van der Waals surface area (Å²) in [6, 6.07) is 4.15. The number of aromatic amines is 1. The molecule has 98 valence electrons. The SMILES string of the molecule is CCn1cc(NC(=O)c2c[nH]ccc2=O)ccc1=O. The zero-order valence-electron chi connectivity index (χ0n) is 10.3. The molecule has 0 aromatic carbocycles. The third-order valence-corrected chi connectivity index (χ3v) is 2.65. The van der Waals surface area contributed by atoms with Crippen LogP contribution in [0.3, 0.4) is 0 Å². The van der Waals surface area contributed by atoms with Crippen molar-refractivity contribution in [2.75, 3.05) is 5.32 Å². The highest BCUT2D eigenvalue weighted by atomic mass is 16.2. The lowest BCUT2D eigenvalue weighted by atomic mass is 10.2. The number of aryl methyl sites for hydroxylation is 1. The van der Waals surface area contributed by atoms with Crippen molar-refractivity contribution in [2.45, 2.75) is 13.5 Å². The van der Waals surface area contributed by atoms with Gasteiger partial charge in [-0.05, 0) is 13.0 Å². The van der Waals surface area contributed by atoms with Crippen molar-refractivity contribution in [3.63, 3.8) is 0 Å². The number of anilines is 1. The summed E-state index contributed by atoms with van der Waals surface area (Å²) in [6.45, 7) is 2.34. The predicted molar refractivity (Wildman–Crippen MR) is 71.4 cm³/mol. The largest absolute Gasteiger partial charge is 0.367 e. The molecule has 1 amide bonds. The highest BCUT2D eigenvalue weighted by Gasteiger charge is 2.10.